The number of hydrogen-bond acceptors (Lipinski definition) is 3. The zero-order valence-corrected chi connectivity index (χ0v) is 14.2. The van der Waals surface area contributed by atoms with E-state index < -0.39 is 5.97 Å². The lowest BCUT2D eigenvalue weighted by atomic mass is 10.1. The molecule has 1 atom stereocenters. The number of benzene rings is 1. The SMILES string of the molecule is CCCCCCOc1ccc(CN2CCCC2CC(=O)O)cc1. The normalized spacial score (nSPS) is 18.2. The molecule has 1 aliphatic rings. The minimum absolute atomic E-state index is 0.182. The molecule has 2 rings (SSSR count). The summed E-state index contributed by atoms with van der Waals surface area (Å²) < 4.78 is 5.76. The fourth-order valence-electron chi connectivity index (χ4n) is 3.18. The molecule has 1 heterocycles. The van der Waals surface area contributed by atoms with Crippen molar-refractivity contribution >= 4 is 5.97 Å². The van der Waals surface area contributed by atoms with Gasteiger partial charge in [-0.25, -0.2) is 0 Å². The Morgan fingerprint density at radius 1 is 1.26 bits per heavy atom. The Balaban J connectivity index is 1.77. The first kappa shape index (κ1) is 17.8. The van der Waals surface area contributed by atoms with E-state index in [4.69, 9.17) is 9.84 Å². The molecule has 0 aliphatic carbocycles. The molecular formula is C19H29NO3. The van der Waals surface area contributed by atoms with Crippen molar-refractivity contribution in [3.63, 3.8) is 0 Å². The molecule has 0 spiro atoms. The molecule has 4 nitrogen and oxygen atoms in total. The fraction of sp³-hybridized carbons (Fsp3) is 0.632. The van der Waals surface area contributed by atoms with Crippen molar-refractivity contribution in [2.75, 3.05) is 13.2 Å². The summed E-state index contributed by atoms with van der Waals surface area (Å²) in [6.07, 6.45) is 7.19. The second-order valence-corrected chi connectivity index (χ2v) is 6.42. The summed E-state index contributed by atoms with van der Waals surface area (Å²) in [6, 6.07) is 8.42. The molecule has 23 heavy (non-hydrogen) atoms. The van der Waals surface area contributed by atoms with Crippen LogP contribution >= 0.6 is 0 Å². The maximum Gasteiger partial charge on any atom is 0.304 e. The molecule has 1 saturated heterocycles. The van der Waals surface area contributed by atoms with E-state index in [1.165, 1.54) is 24.8 Å². The summed E-state index contributed by atoms with van der Waals surface area (Å²) in [4.78, 5) is 13.2. The molecule has 128 valence electrons. The molecule has 0 radical (unpaired) electrons. The lowest BCUT2D eigenvalue weighted by molar-refractivity contribution is -0.138. The van der Waals surface area contributed by atoms with Gasteiger partial charge in [-0.15, -0.1) is 0 Å². The van der Waals surface area contributed by atoms with E-state index in [1.54, 1.807) is 0 Å². The van der Waals surface area contributed by atoms with Gasteiger partial charge in [0.15, 0.2) is 0 Å². The van der Waals surface area contributed by atoms with Gasteiger partial charge >= 0.3 is 5.97 Å². The highest BCUT2D eigenvalue weighted by molar-refractivity contribution is 5.67. The van der Waals surface area contributed by atoms with Crippen LogP contribution in [0.1, 0.15) is 57.4 Å². The van der Waals surface area contributed by atoms with Crippen LogP contribution < -0.4 is 4.74 Å². The molecule has 1 fully saturated rings. The predicted molar refractivity (Wildman–Crippen MR) is 91.8 cm³/mol. The number of likely N-dealkylation sites (tertiary alicyclic amines) is 1. The summed E-state index contributed by atoms with van der Waals surface area (Å²) in [7, 11) is 0. The third kappa shape index (κ3) is 6.22. The van der Waals surface area contributed by atoms with Crippen LogP contribution in [0.3, 0.4) is 0 Å². The first-order chi connectivity index (χ1) is 11.2. The van der Waals surface area contributed by atoms with E-state index in [0.29, 0.717) is 0 Å². The van der Waals surface area contributed by atoms with E-state index in [0.717, 1.165) is 44.7 Å². The Morgan fingerprint density at radius 2 is 2.04 bits per heavy atom. The average Bonchev–Trinajstić information content (AvgIpc) is 2.95. The van der Waals surface area contributed by atoms with Gasteiger partial charge in [-0.1, -0.05) is 38.3 Å². The first-order valence-corrected chi connectivity index (χ1v) is 8.86. The van der Waals surface area contributed by atoms with Crippen molar-refractivity contribution in [2.24, 2.45) is 0 Å². The van der Waals surface area contributed by atoms with Crippen LogP contribution in [-0.4, -0.2) is 35.2 Å². The highest BCUT2D eigenvalue weighted by Gasteiger charge is 2.26. The van der Waals surface area contributed by atoms with Crippen molar-refractivity contribution in [3.05, 3.63) is 29.8 Å². The van der Waals surface area contributed by atoms with Crippen LogP contribution in [0, 0.1) is 0 Å². The summed E-state index contributed by atoms with van der Waals surface area (Å²) in [5, 5.41) is 8.99. The molecule has 1 N–H and O–H groups in total. The Morgan fingerprint density at radius 3 is 2.74 bits per heavy atom. The van der Waals surface area contributed by atoms with Crippen LogP contribution in [0.2, 0.25) is 0 Å². The van der Waals surface area contributed by atoms with Crippen LogP contribution in [0.4, 0.5) is 0 Å². The molecule has 0 aromatic heterocycles. The van der Waals surface area contributed by atoms with Crippen molar-refractivity contribution in [1.29, 1.82) is 0 Å². The maximum absolute atomic E-state index is 10.9. The Kier molecular flexibility index (Phi) is 7.40. The topological polar surface area (TPSA) is 49.8 Å². The fourth-order valence-corrected chi connectivity index (χ4v) is 3.18. The van der Waals surface area contributed by atoms with Gasteiger partial charge in [0.25, 0.3) is 0 Å². The number of aliphatic carboxylic acids is 1. The van der Waals surface area contributed by atoms with Crippen LogP contribution in [-0.2, 0) is 11.3 Å². The Labute approximate surface area is 139 Å². The smallest absolute Gasteiger partial charge is 0.304 e. The van der Waals surface area contributed by atoms with Gasteiger partial charge in [-0.3, -0.25) is 9.69 Å². The van der Waals surface area contributed by atoms with E-state index in [1.807, 2.05) is 12.1 Å². The zero-order chi connectivity index (χ0) is 16.5. The minimum atomic E-state index is -0.700. The first-order valence-electron chi connectivity index (χ1n) is 8.86. The molecule has 1 aromatic rings. The summed E-state index contributed by atoms with van der Waals surface area (Å²) in [5.41, 5.74) is 1.22. The molecule has 0 amide bonds. The van der Waals surface area contributed by atoms with Gasteiger partial charge in [0, 0.05) is 12.6 Å². The number of nitrogens with zero attached hydrogens (tertiary/aromatic N) is 1. The number of unbranched alkanes of at least 4 members (excludes halogenated alkanes) is 3. The van der Waals surface area contributed by atoms with Crippen LogP contribution in [0.25, 0.3) is 0 Å². The van der Waals surface area contributed by atoms with E-state index in [9.17, 15) is 4.79 Å². The number of carbonyl (C=O) groups is 1. The highest BCUT2D eigenvalue weighted by atomic mass is 16.5. The lowest BCUT2D eigenvalue weighted by Gasteiger charge is -2.23. The quantitative estimate of drug-likeness (QED) is 0.660. The second kappa shape index (κ2) is 9.56. The monoisotopic (exact) mass is 319 g/mol. The Hall–Kier alpha value is -1.55. The van der Waals surface area contributed by atoms with Gasteiger partial charge in [-0.2, -0.15) is 0 Å². The lowest BCUT2D eigenvalue weighted by Crippen LogP contribution is -2.30. The van der Waals surface area contributed by atoms with Crippen molar-refractivity contribution in [2.45, 2.75) is 64.5 Å². The molecule has 1 aromatic carbocycles. The standard InChI is InChI=1S/C19H29NO3/c1-2-3-4-5-13-23-18-10-8-16(9-11-18)15-20-12-6-7-17(20)14-19(21)22/h8-11,17H,2-7,12-15H2,1H3,(H,21,22). The molecule has 1 unspecified atom stereocenters. The molecule has 0 saturated carbocycles. The molecule has 1 aliphatic heterocycles. The summed E-state index contributed by atoms with van der Waals surface area (Å²) in [6.45, 7) is 4.81. The van der Waals surface area contributed by atoms with Gasteiger partial charge in [0.2, 0.25) is 0 Å². The van der Waals surface area contributed by atoms with E-state index in [2.05, 4.69) is 24.0 Å². The number of ether oxygens (including phenoxy) is 1. The third-order valence-electron chi connectivity index (χ3n) is 4.48. The maximum atomic E-state index is 10.9. The van der Waals surface area contributed by atoms with Gasteiger partial charge in [0.1, 0.15) is 5.75 Å². The predicted octanol–water partition coefficient (Wildman–Crippen LogP) is 4.08. The highest BCUT2D eigenvalue weighted by Crippen LogP contribution is 2.23. The van der Waals surface area contributed by atoms with Crippen LogP contribution in [0.15, 0.2) is 24.3 Å². The average molecular weight is 319 g/mol. The van der Waals surface area contributed by atoms with E-state index in [-0.39, 0.29) is 12.5 Å². The number of carboxylic acids is 1. The number of carboxylic acid groups (broad SMARTS) is 1. The van der Waals surface area contributed by atoms with Crippen molar-refractivity contribution < 1.29 is 14.6 Å². The third-order valence-corrected chi connectivity index (χ3v) is 4.48. The summed E-state index contributed by atoms with van der Waals surface area (Å²) in [5.74, 6) is 0.225. The minimum Gasteiger partial charge on any atom is -0.494 e. The van der Waals surface area contributed by atoms with Crippen LogP contribution in [0.5, 0.6) is 5.75 Å². The zero-order valence-electron chi connectivity index (χ0n) is 14.2. The number of hydrogen-bond donors (Lipinski definition) is 1. The second-order valence-electron chi connectivity index (χ2n) is 6.42. The van der Waals surface area contributed by atoms with Crippen molar-refractivity contribution in [1.82, 2.24) is 4.90 Å². The molecule has 4 heteroatoms. The van der Waals surface area contributed by atoms with Gasteiger partial charge in [0.05, 0.1) is 13.0 Å². The number of rotatable bonds is 10. The molecular weight excluding hydrogens is 290 g/mol. The van der Waals surface area contributed by atoms with Gasteiger partial charge < -0.3 is 9.84 Å². The van der Waals surface area contributed by atoms with Gasteiger partial charge in [-0.05, 0) is 43.5 Å². The van der Waals surface area contributed by atoms with Crippen molar-refractivity contribution in [3.8, 4) is 5.75 Å². The Bertz CT molecular complexity index is 472. The largest absolute Gasteiger partial charge is 0.494 e. The summed E-state index contributed by atoms with van der Waals surface area (Å²) >= 11 is 0. The van der Waals surface area contributed by atoms with E-state index >= 15 is 0 Å². The molecule has 0 bridgehead atoms.